The van der Waals surface area contributed by atoms with Gasteiger partial charge in [-0.1, -0.05) is 24.3 Å². The number of aldehydes is 1. The summed E-state index contributed by atoms with van der Waals surface area (Å²) in [5.74, 6) is 0. The van der Waals surface area contributed by atoms with Crippen LogP contribution in [0.5, 0.6) is 0 Å². The molecule has 4 rings (SSSR count). The molecule has 3 heterocycles. The Morgan fingerprint density at radius 2 is 1.73 bits per heavy atom. The monoisotopic (exact) mass is 340 g/mol. The molecule has 0 amide bonds. The molecule has 1 aliphatic rings. The lowest BCUT2D eigenvalue weighted by Crippen LogP contribution is -2.35. The molecule has 1 aliphatic heterocycles. The third kappa shape index (κ3) is 3.02. The molecule has 5 nitrogen and oxygen atoms in total. The van der Waals surface area contributed by atoms with Gasteiger partial charge >= 0.3 is 0 Å². The van der Waals surface area contributed by atoms with Gasteiger partial charge in [-0.15, -0.1) is 0 Å². The largest absolute Gasteiger partial charge is 0.333 e. The van der Waals surface area contributed by atoms with Crippen LogP contribution in [0.3, 0.4) is 0 Å². The molecule has 126 valence electrons. The first-order valence-electron chi connectivity index (χ1n) is 8.26. The van der Waals surface area contributed by atoms with E-state index >= 15 is 0 Å². The van der Waals surface area contributed by atoms with Crippen molar-refractivity contribution in [2.75, 3.05) is 4.90 Å². The number of para-hydroxylation sites is 1. The number of benzene rings is 1. The number of carbonyl (C=O) groups is 1. The average molecular weight is 340 g/mol. The summed E-state index contributed by atoms with van der Waals surface area (Å²) in [7, 11) is 0. The minimum Gasteiger partial charge on any atom is -0.333 e. The lowest BCUT2D eigenvalue weighted by Gasteiger charge is -2.33. The van der Waals surface area contributed by atoms with Crippen molar-refractivity contribution in [3.8, 4) is 0 Å². The number of aromatic nitrogens is 3. The summed E-state index contributed by atoms with van der Waals surface area (Å²) in [6.45, 7) is 0. The van der Waals surface area contributed by atoms with Gasteiger partial charge in [-0.2, -0.15) is 0 Å². The van der Waals surface area contributed by atoms with Crippen LogP contribution < -0.4 is 4.90 Å². The molecule has 1 atom stereocenters. The second-order valence-corrected chi connectivity index (χ2v) is 5.85. The maximum atomic E-state index is 12.0. The van der Waals surface area contributed by atoms with Crippen LogP contribution in [0.15, 0.2) is 85.7 Å². The lowest BCUT2D eigenvalue weighted by molar-refractivity contribution is -0.107. The Balaban J connectivity index is 1.88. The Hall–Kier alpha value is -3.60. The molecule has 3 aromatic rings. The molecule has 5 heteroatoms. The number of nitrogens with zero attached hydrogens (tertiary/aromatic N) is 4. The van der Waals surface area contributed by atoms with Gasteiger partial charge in [0.25, 0.3) is 0 Å². The highest BCUT2D eigenvalue weighted by molar-refractivity contribution is 5.97. The fraction of sp³-hybridized carbons (Fsp3) is 0.0476. The molecule has 26 heavy (non-hydrogen) atoms. The molecule has 0 fully saturated rings. The van der Waals surface area contributed by atoms with Crippen molar-refractivity contribution in [1.82, 2.24) is 15.0 Å². The molecule has 0 aliphatic carbocycles. The van der Waals surface area contributed by atoms with Crippen molar-refractivity contribution in [2.24, 2.45) is 0 Å². The van der Waals surface area contributed by atoms with E-state index in [0.717, 1.165) is 34.4 Å². The Kier molecular flexibility index (Phi) is 4.35. The van der Waals surface area contributed by atoms with Crippen molar-refractivity contribution in [3.63, 3.8) is 0 Å². The van der Waals surface area contributed by atoms with E-state index in [1.54, 1.807) is 18.6 Å². The van der Waals surface area contributed by atoms with Crippen LogP contribution in [0.1, 0.15) is 11.3 Å². The highest BCUT2D eigenvalue weighted by atomic mass is 16.1. The third-order valence-electron chi connectivity index (χ3n) is 4.25. The number of anilines is 1. The molecular weight excluding hydrogens is 324 g/mol. The van der Waals surface area contributed by atoms with E-state index in [4.69, 9.17) is 0 Å². The molecule has 0 bridgehead atoms. The van der Waals surface area contributed by atoms with Crippen LogP contribution in [-0.2, 0) is 4.79 Å². The van der Waals surface area contributed by atoms with E-state index < -0.39 is 6.04 Å². The van der Waals surface area contributed by atoms with E-state index in [0.29, 0.717) is 0 Å². The summed E-state index contributed by atoms with van der Waals surface area (Å²) in [6.07, 6.45) is 11.6. The lowest BCUT2D eigenvalue weighted by atomic mass is 9.93. The van der Waals surface area contributed by atoms with Crippen LogP contribution in [0.2, 0.25) is 0 Å². The van der Waals surface area contributed by atoms with Gasteiger partial charge in [0.05, 0.1) is 5.69 Å². The summed E-state index contributed by atoms with van der Waals surface area (Å²) < 4.78 is 0. The molecule has 0 spiro atoms. The maximum Gasteiger partial charge on any atom is 0.147 e. The third-order valence-corrected chi connectivity index (χ3v) is 4.25. The fourth-order valence-corrected chi connectivity index (χ4v) is 3.02. The molecule has 1 aromatic carbocycles. The van der Waals surface area contributed by atoms with E-state index in [1.165, 1.54) is 6.33 Å². The summed E-state index contributed by atoms with van der Waals surface area (Å²) in [5.41, 5.74) is 4.35. The van der Waals surface area contributed by atoms with E-state index in [2.05, 4.69) is 15.0 Å². The van der Waals surface area contributed by atoms with E-state index in [-0.39, 0.29) is 0 Å². The summed E-state index contributed by atoms with van der Waals surface area (Å²) in [6, 6.07) is 15.1. The highest BCUT2D eigenvalue weighted by Crippen LogP contribution is 2.34. The number of rotatable bonds is 4. The quantitative estimate of drug-likeness (QED) is 0.682. The molecule has 0 radical (unpaired) electrons. The van der Waals surface area contributed by atoms with Crippen molar-refractivity contribution in [1.29, 1.82) is 0 Å². The van der Waals surface area contributed by atoms with Crippen LogP contribution >= 0.6 is 0 Å². The van der Waals surface area contributed by atoms with Crippen LogP contribution in [0.4, 0.5) is 5.69 Å². The fourth-order valence-electron chi connectivity index (χ4n) is 3.02. The predicted molar refractivity (Wildman–Crippen MR) is 101 cm³/mol. The number of hydrogen-bond acceptors (Lipinski definition) is 5. The van der Waals surface area contributed by atoms with Gasteiger partial charge in [-0.05, 0) is 35.9 Å². The Morgan fingerprint density at radius 1 is 0.962 bits per heavy atom. The number of allylic oxidation sites excluding steroid dienone is 2. The minimum absolute atomic E-state index is 0.462. The molecular formula is C21H16N4O. The van der Waals surface area contributed by atoms with Gasteiger partial charge in [-0.25, -0.2) is 9.97 Å². The minimum atomic E-state index is -0.462. The molecule has 2 aromatic heterocycles. The van der Waals surface area contributed by atoms with Gasteiger partial charge < -0.3 is 9.69 Å². The van der Waals surface area contributed by atoms with Crippen LogP contribution in [-0.4, -0.2) is 27.3 Å². The van der Waals surface area contributed by atoms with Crippen molar-refractivity contribution in [2.45, 2.75) is 6.04 Å². The Bertz CT molecular complexity index is 953. The van der Waals surface area contributed by atoms with Gasteiger partial charge in [0, 0.05) is 41.6 Å². The molecule has 0 saturated carbocycles. The maximum absolute atomic E-state index is 12.0. The van der Waals surface area contributed by atoms with Gasteiger partial charge in [0.2, 0.25) is 0 Å². The number of pyridine rings is 1. The standard InChI is InChI=1S/C21H16N4O/c26-14-21-19(17-11-22-15-23-12-17)10-16(20-8-4-5-9-24-20)13-25(21)18-6-2-1-3-7-18/h1-15,21H. The molecule has 0 N–H and O–H groups in total. The average Bonchev–Trinajstić information content (AvgIpc) is 2.74. The normalized spacial score (nSPS) is 16.6. The van der Waals surface area contributed by atoms with Gasteiger partial charge in [-0.3, -0.25) is 4.98 Å². The van der Waals surface area contributed by atoms with Crippen molar-refractivity contribution < 1.29 is 4.79 Å². The topological polar surface area (TPSA) is 59.0 Å². The van der Waals surface area contributed by atoms with Crippen LogP contribution in [0, 0.1) is 0 Å². The van der Waals surface area contributed by atoms with E-state index in [1.807, 2.05) is 65.7 Å². The number of hydrogen-bond donors (Lipinski definition) is 0. The van der Waals surface area contributed by atoms with E-state index in [9.17, 15) is 4.79 Å². The molecule has 0 saturated heterocycles. The first kappa shape index (κ1) is 15.9. The smallest absolute Gasteiger partial charge is 0.147 e. The summed E-state index contributed by atoms with van der Waals surface area (Å²) in [4.78, 5) is 26.6. The first-order valence-corrected chi connectivity index (χ1v) is 8.26. The zero-order chi connectivity index (χ0) is 17.8. The first-order chi connectivity index (χ1) is 12.9. The van der Waals surface area contributed by atoms with Gasteiger partial charge in [0.1, 0.15) is 18.7 Å². The second kappa shape index (κ2) is 7.11. The number of carbonyl (C=O) groups excluding carboxylic acids is 1. The zero-order valence-electron chi connectivity index (χ0n) is 13.9. The predicted octanol–water partition coefficient (Wildman–Crippen LogP) is 3.38. The summed E-state index contributed by atoms with van der Waals surface area (Å²) >= 11 is 0. The van der Waals surface area contributed by atoms with Crippen molar-refractivity contribution in [3.05, 3.63) is 97.0 Å². The Labute approximate surface area is 151 Å². The molecule has 1 unspecified atom stereocenters. The van der Waals surface area contributed by atoms with Gasteiger partial charge in [0.15, 0.2) is 0 Å². The SMILES string of the molecule is O=CC1C(c2cncnc2)=CC(c2ccccn2)=CN1c1ccccc1. The zero-order valence-corrected chi connectivity index (χ0v) is 13.9. The second-order valence-electron chi connectivity index (χ2n) is 5.85. The Morgan fingerprint density at radius 3 is 2.42 bits per heavy atom. The highest BCUT2D eigenvalue weighted by Gasteiger charge is 2.27. The van der Waals surface area contributed by atoms with Crippen molar-refractivity contribution >= 4 is 23.1 Å². The van der Waals surface area contributed by atoms with Crippen LogP contribution in [0.25, 0.3) is 11.1 Å². The summed E-state index contributed by atoms with van der Waals surface area (Å²) in [5, 5.41) is 0.